The van der Waals surface area contributed by atoms with Gasteiger partial charge in [-0.15, -0.1) is 0 Å². The molecule has 1 N–H and O–H groups in total. The fraction of sp³-hybridized carbons (Fsp3) is 0.300. The molecule has 0 saturated carbocycles. The van der Waals surface area contributed by atoms with Crippen LogP contribution < -0.4 is 4.72 Å². The van der Waals surface area contributed by atoms with Crippen molar-refractivity contribution >= 4 is 31.8 Å². The SMILES string of the molecule is CCN(CC)S(=O)(=O)c1cc(C)c(C)c(NS(=O)(=O)C=Cc2ccccc2)c1. The molecule has 0 fully saturated rings. The second kappa shape index (κ2) is 8.89. The number of anilines is 1. The first-order chi connectivity index (χ1) is 13.1. The molecule has 0 spiro atoms. The molecule has 2 aromatic rings. The highest BCUT2D eigenvalue weighted by atomic mass is 32.2. The molecule has 0 saturated heterocycles. The minimum atomic E-state index is -3.80. The van der Waals surface area contributed by atoms with Crippen molar-refractivity contribution in [2.24, 2.45) is 0 Å². The Balaban J connectivity index is 2.41. The number of sulfonamides is 2. The van der Waals surface area contributed by atoms with Crippen LogP contribution in [0.15, 0.2) is 52.8 Å². The molecule has 0 bridgehead atoms. The van der Waals surface area contributed by atoms with Crippen LogP contribution in [-0.4, -0.2) is 34.2 Å². The summed E-state index contributed by atoms with van der Waals surface area (Å²) in [5, 5.41) is 1.07. The van der Waals surface area contributed by atoms with Gasteiger partial charge in [-0.05, 0) is 48.7 Å². The molecule has 0 aromatic heterocycles. The van der Waals surface area contributed by atoms with Gasteiger partial charge < -0.3 is 0 Å². The molecule has 152 valence electrons. The summed E-state index contributed by atoms with van der Waals surface area (Å²) >= 11 is 0. The molecule has 0 atom stereocenters. The van der Waals surface area contributed by atoms with Gasteiger partial charge in [0.05, 0.1) is 16.0 Å². The van der Waals surface area contributed by atoms with E-state index in [1.54, 1.807) is 45.9 Å². The fourth-order valence-corrected chi connectivity index (χ4v) is 5.21. The largest absolute Gasteiger partial charge is 0.280 e. The zero-order valence-corrected chi connectivity index (χ0v) is 18.1. The molecule has 0 unspecified atom stereocenters. The quantitative estimate of drug-likeness (QED) is 0.702. The zero-order valence-electron chi connectivity index (χ0n) is 16.5. The first kappa shape index (κ1) is 22.1. The highest BCUT2D eigenvalue weighted by Gasteiger charge is 2.23. The molecule has 0 aliphatic carbocycles. The van der Waals surface area contributed by atoms with E-state index >= 15 is 0 Å². The van der Waals surface area contributed by atoms with Crippen LogP contribution in [0.25, 0.3) is 6.08 Å². The van der Waals surface area contributed by atoms with E-state index in [2.05, 4.69) is 4.72 Å². The van der Waals surface area contributed by atoms with Crippen molar-refractivity contribution in [2.75, 3.05) is 17.8 Å². The lowest BCUT2D eigenvalue weighted by atomic mass is 10.1. The van der Waals surface area contributed by atoms with Crippen LogP contribution in [0.4, 0.5) is 5.69 Å². The molecule has 8 heteroatoms. The average Bonchev–Trinajstić information content (AvgIpc) is 2.65. The Bertz CT molecular complexity index is 1060. The van der Waals surface area contributed by atoms with E-state index in [9.17, 15) is 16.8 Å². The summed E-state index contributed by atoms with van der Waals surface area (Å²) in [6, 6.07) is 12.0. The molecule has 2 rings (SSSR count). The van der Waals surface area contributed by atoms with Crippen LogP contribution in [0.2, 0.25) is 0 Å². The smallest absolute Gasteiger partial charge is 0.255 e. The molecule has 0 heterocycles. The molecule has 0 aliphatic heterocycles. The van der Waals surface area contributed by atoms with E-state index in [0.717, 1.165) is 11.0 Å². The Morgan fingerprint density at radius 2 is 1.57 bits per heavy atom. The summed E-state index contributed by atoms with van der Waals surface area (Å²) in [5.41, 5.74) is 2.37. The van der Waals surface area contributed by atoms with Gasteiger partial charge >= 0.3 is 0 Å². The molecule has 28 heavy (non-hydrogen) atoms. The first-order valence-electron chi connectivity index (χ1n) is 8.98. The standard InChI is InChI=1S/C20H26N2O4S2/c1-5-22(6-2)28(25,26)19-14-16(3)17(4)20(15-19)21-27(23,24)13-12-18-10-8-7-9-11-18/h7-15,21H,5-6H2,1-4H3. The van der Waals surface area contributed by atoms with Crippen LogP contribution >= 0.6 is 0 Å². The number of rotatable bonds is 8. The van der Waals surface area contributed by atoms with Crippen LogP contribution in [0.1, 0.15) is 30.5 Å². The summed E-state index contributed by atoms with van der Waals surface area (Å²) < 4.78 is 54.4. The maximum Gasteiger partial charge on any atom is 0.255 e. The van der Waals surface area contributed by atoms with E-state index in [-0.39, 0.29) is 10.6 Å². The lowest BCUT2D eigenvalue weighted by Crippen LogP contribution is -2.30. The summed E-state index contributed by atoms with van der Waals surface area (Å²) in [4.78, 5) is 0.0732. The topological polar surface area (TPSA) is 83.6 Å². The second-order valence-corrected chi connectivity index (χ2v) is 9.87. The Labute approximate surface area is 168 Å². The van der Waals surface area contributed by atoms with E-state index in [1.165, 1.54) is 16.4 Å². The maximum atomic E-state index is 12.8. The third kappa shape index (κ3) is 5.21. The number of nitrogens with zero attached hydrogens (tertiary/aromatic N) is 1. The Morgan fingerprint density at radius 1 is 0.964 bits per heavy atom. The molecular formula is C20H26N2O4S2. The van der Waals surface area contributed by atoms with Gasteiger partial charge in [0.1, 0.15) is 0 Å². The van der Waals surface area contributed by atoms with Crippen molar-refractivity contribution in [3.63, 3.8) is 0 Å². The summed E-state index contributed by atoms with van der Waals surface area (Å²) in [5.74, 6) is 0. The third-order valence-electron chi connectivity index (χ3n) is 4.48. The molecule has 2 aromatic carbocycles. The molecule has 6 nitrogen and oxygen atoms in total. The normalized spacial score (nSPS) is 12.6. The van der Waals surface area contributed by atoms with E-state index in [1.807, 2.05) is 18.2 Å². The van der Waals surface area contributed by atoms with Gasteiger partial charge in [0.2, 0.25) is 10.0 Å². The van der Waals surface area contributed by atoms with Gasteiger partial charge in [-0.25, -0.2) is 16.8 Å². The Kier molecular flexibility index (Phi) is 7.03. The maximum absolute atomic E-state index is 12.8. The number of nitrogens with one attached hydrogen (secondary N) is 1. The summed E-state index contributed by atoms with van der Waals surface area (Å²) in [6.45, 7) is 7.72. The van der Waals surface area contributed by atoms with E-state index in [0.29, 0.717) is 24.2 Å². The van der Waals surface area contributed by atoms with Gasteiger partial charge in [0.15, 0.2) is 0 Å². The predicted molar refractivity (Wildman–Crippen MR) is 114 cm³/mol. The van der Waals surface area contributed by atoms with Crippen molar-refractivity contribution in [3.05, 3.63) is 64.6 Å². The lowest BCUT2D eigenvalue weighted by Gasteiger charge is -2.20. The number of aryl methyl sites for hydroxylation is 1. The minimum Gasteiger partial charge on any atom is -0.280 e. The second-order valence-electron chi connectivity index (χ2n) is 6.36. The number of hydrogen-bond donors (Lipinski definition) is 1. The van der Waals surface area contributed by atoms with E-state index in [4.69, 9.17) is 0 Å². The first-order valence-corrected chi connectivity index (χ1v) is 12.0. The monoisotopic (exact) mass is 422 g/mol. The average molecular weight is 423 g/mol. The van der Waals surface area contributed by atoms with Crippen LogP contribution in [0, 0.1) is 13.8 Å². The van der Waals surface area contributed by atoms with Gasteiger partial charge in [-0.2, -0.15) is 4.31 Å². The summed E-state index contributed by atoms with van der Waals surface area (Å²) in [7, 11) is -7.50. The van der Waals surface area contributed by atoms with Crippen LogP contribution in [0.3, 0.4) is 0 Å². The fourth-order valence-electron chi connectivity index (χ4n) is 2.71. The predicted octanol–water partition coefficient (Wildman–Crippen LogP) is 3.75. The van der Waals surface area contributed by atoms with Gasteiger partial charge in [0.25, 0.3) is 10.0 Å². The molecule has 0 amide bonds. The van der Waals surface area contributed by atoms with E-state index < -0.39 is 20.0 Å². The minimum absolute atomic E-state index is 0.0732. The Morgan fingerprint density at radius 3 is 2.14 bits per heavy atom. The van der Waals surface area contributed by atoms with Crippen molar-refractivity contribution in [3.8, 4) is 0 Å². The van der Waals surface area contributed by atoms with Crippen molar-refractivity contribution in [1.29, 1.82) is 0 Å². The highest BCUT2D eigenvalue weighted by Crippen LogP contribution is 2.27. The van der Waals surface area contributed by atoms with Crippen LogP contribution in [-0.2, 0) is 20.0 Å². The van der Waals surface area contributed by atoms with Gasteiger partial charge in [-0.1, -0.05) is 44.2 Å². The molecular weight excluding hydrogens is 396 g/mol. The Hall–Kier alpha value is -2.16. The molecule has 0 radical (unpaired) electrons. The number of hydrogen-bond acceptors (Lipinski definition) is 4. The van der Waals surface area contributed by atoms with Gasteiger partial charge in [0, 0.05) is 13.1 Å². The summed E-state index contributed by atoms with van der Waals surface area (Å²) in [6.07, 6.45) is 1.49. The van der Waals surface area contributed by atoms with Crippen molar-refractivity contribution < 1.29 is 16.8 Å². The highest BCUT2D eigenvalue weighted by molar-refractivity contribution is 7.95. The van der Waals surface area contributed by atoms with Gasteiger partial charge in [-0.3, -0.25) is 4.72 Å². The lowest BCUT2D eigenvalue weighted by molar-refractivity contribution is 0.445. The number of benzene rings is 2. The van der Waals surface area contributed by atoms with Crippen molar-refractivity contribution in [2.45, 2.75) is 32.6 Å². The van der Waals surface area contributed by atoms with Crippen molar-refractivity contribution in [1.82, 2.24) is 4.31 Å². The van der Waals surface area contributed by atoms with Crippen LogP contribution in [0.5, 0.6) is 0 Å². The third-order valence-corrected chi connectivity index (χ3v) is 7.50. The zero-order chi connectivity index (χ0) is 20.9. The molecule has 0 aliphatic rings.